The van der Waals surface area contributed by atoms with Crippen LogP contribution in [0.15, 0.2) is 158 Å². The van der Waals surface area contributed by atoms with Crippen LogP contribution in [0.5, 0.6) is 5.75 Å². The van der Waals surface area contributed by atoms with Crippen LogP contribution in [0.2, 0.25) is 0 Å². The molecule has 6 aromatic carbocycles. The van der Waals surface area contributed by atoms with Crippen LogP contribution in [-0.4, -0.2) is 15.1 Å². The second kappa shape index (κ2) is 17.1. The Morgan fingerprint density at radius 2 is 1.09 bits per heavy atom. The number of aryl methyl sites for hydroxylation is 6. The van der Waals surface area contributed by atoms with Crippen molar-refractivity contribution in [3.05, 3.63) is 197 Å². The average molecular weight is 937 g/mol. The Hall–Kier alpha value is -6.29. The van der Waals surface area contributed by atoms with Crippen LogP contribution in [0, 0.1) is 47.6 Å². The molecule has 2 aromatic heterocycles. The number of aromatic nitrogens is 2. The fraction of sp³-hybridized carbons (Fsp3) is 0.115. The molecule has 1 N–H and O–H groups in total. The SMILES string of the molecule is Cc1cc(C)c(N(c2cc(-c3[c-]c(N(c4ccccn4)c4ccccc4-c4ccccc4)ccc3)nc(-c3ccccc3O)c2)c2c(C)cc(C)cc2C)c(C)c1.[Pt]. The summed E-state index contributed by atoms with van der Waals surface area (Å²) in [4.78, 5) is 14.7. The van der Waals surface area contributed by atoms with Gasteiger partial charge in [0.1, 0.15) is 11.6 Å². The van der Waals surface area contributed by atoms with E-state index in [-0.39, 0.29) is 26.8 Å². The first-order valence-corrected chi connectivity index (χ1v) is 19.3. The molecule has 5 nitrogen and oxygen atoms in total. The third kappa shape index (κ3) is 7.96. The minimum atomic E-state index is 0. The first-order valence-electron chi connectivity index (χ1n) is 19.3. The van der Waals surface area contributed by atoms with Crippen molar-refractivity contribution in [2.45, 2.75) is 41.5 Å². The summed E-state index contributed by atoms with van der Waals surface area (Å²) in [6.07, 6.45) is 1.82. The van der Waals surface area contributed by atoms with Gasteiger partial charge >= 0.3 is 0 Å². The van der Waals surface area contributed by atoms with Gasteiger partial charge in [-0.25, -0.2) is 4.98 Å². The summed E-state index contributed by atoms with van der Waals surface area (Å²) >= 11 is 0. The van der Waals surface area contributed by atoms with E-state index in [0.717, 1.165) is 56.6 Å². The third-order valence-electron chi connectivity index (χ3n) is 10.4. The summed E-state index contributed by atoms with van der Waals surface area (Å²) in [5.41, 5.74) is 17.1. The van der Waals surface area contributed by atoms with Crippen molar-refractivity contribution in [2.75, 3.05) is 9.80 Å². The molecule has 0 saturated heterocycles. The summed E-state index contributed by atoms with van der Waals surface area (Å²) in [5.74, 6) is 0.939. The molecule has 2 heterocycles. The zero-order valence-corrected chi connectivity index (χ0v) is 35.8. The van der Waals surface area contributed by atoms with Crippen molar-refractivity contribution in [3.8, 4) is 39.4 Å². The molecule has 0 bridgehead atoms. The Kier molecular flexibility index (Phi) is 11.7. The number of pyridine rings is 2. The maximum Gasteiger partial charge on any atom is 0.136 e. The maximum atomic E-state index is 11.2. The largest absolute Gasteiger partial charge is 0.507 e. The number of phenolic OH excluding ortho intramolecular Hbond substituents is 1. The summed E-state index contributed by atoms with van der Waals surface area (Å²) < 4.78 is 0. The zero-order valence-electron chi connectivity index (χ0n) is 33.6. The van der Waals surface area contributed by atoms with Gasteiger partial charge in [-0.3, -0.25) is 4.98 Å². The molecule has 0 spiro atoms. The van der Waals surface area contributed by atoms with Gasteiger partial charge in [-0.1, -0.05) is 108 Å². The quantitative estimate of drug-likeness (QED) is 0.146. The molecule has 0 aliphatic heterocycles. The number of nitrogens with zero attached hydrogens (tertiary/aromatic N) is 4. The Morgan fingerprint density at radius 3 is 1.71 bits per heavy atom. The molecule has 6 heteroatoms. The normalized spacial score (nSPS) is 10.9. The molecule has 8 aromatic rings. The van der Waals surface area contributed by atoms with Gasteiger partial charge in [0.2, 0.25) is 0 Å². The zero-order chi connectivity index (χ0) is 39.6. The van der Waals surface area contributed by atoms with Crippen LogP contribution in [0.25, 0.3) is 33.6 Å². The minimum absolute atomic E-state index is 0. The monoisotopic (exact) mass is 936 g/mol. The van der Waals surface area contributed by atoms with Gasteiger partial charge in [-0.15, -0.1) is 29.8 Å². The van der Waals surface area contributed by atoms with E-state index in [0.29, 0.717) is 11.3 Å². The molecule has 8 rings (SSSR count). The summed E-state index contributed by atoms with van der Waals surface area (Å²) in [6, 6.07) is 55.4. The van der Waals surface area contributed by atoms with Crippen LogP contribution in [0.3, 0.4) is 0 Å². The van der Waals surface area contributed by atoms with E-state index in [1.807, 2.05) is 48.7 Å². The van der Waals surface area contributed by atoms with Gasteiger partial charge < -0.3 is 14.9 Å². The molecule has 0 saturated carbocycles. The molecular formula is C52H45N4OPt-. The number of para-hydroxylation sites is 2. The summed E-state index contributed by atoms with van der Waals surface area (Å²) in [5, 5.41) is 11.2. The molecule has 0 aliphatic carbocycles. The number of aromatic hydroxyl groups is 1. The third-order valence-corrected chi connectivity index (χ3v) is 10.4. The second-order valence-corrected chi connectivity index (χ2v) is 14.8. The Morgan fingerprint density at radius 1 is 0.517 bits per heavy atom. The van der Waals surface area contributed by atoms with Gasteiger partial charge in [-0.05, 0) is 117 Å². The molecule has 0 unspecified atom stereocenters. The van der Waals surface area contributed by atoms with Gasteiger partial charge in [-0.2, -0.15) is 0 Å². The van der Waals surface area contributed by atoms with Crippen LogP contribution < -0.4 is 9.80 Å². The van der Waals surface area contributed by atoms with Crippen LogP contribution in [-0.2, 0) is 21.1 Å². The second-order valence-electron chi connectivity index (χ2n) is 14.8. The van der Waals surface area contributed by atoms with E-state index in [2.05, 4.69) is 161 Å². The van der Waals surface area contributed by atoms with Gasteiger partial charge in [0.15, 0.2) is 0 Å². The van der Waals surface area contributed by atoms with E-state index >= 15 is 0 Å². The Bertz CT molecular complexity index is 2630. The number of anilines is 6. The van der Waals surface area contributed by atoms with Crippen molar-refractivity contribution in [3.63, 3.8) is 0 Å². The Labute approximate surface area is 356 Å². The predicted molar refractivity (Wildman–Crippen MR) is 237 cm³/mol. The molecule has 0 amide bonds. The van der Waals surface area contributed by atoms with E-state index in [9.17, 15) is 5.11 Å². The minimum Gasteiger partial charge on any atom is -0.507 e. The summed E-state index contributed by atoms with van der Waals surface area (Å²) in [7, 11) is 0. The van der Waals surface area contributed by atoms with E-state index in [4.69, 9.17) is 9.97 Å². The van der Waals surface area contributed by atoms with E-state index in [1.54, 1.807) is 6.07 Å². The average Bonchev–Trinajstić information content (AvgIpc) is 3.21. The molecule has 0 fully saturated rings. The van der Waals surface area contributed by atoms with Crippen molar-refractivity contribution in [1.29, 1.82) is 0 Å². The van der Waals surface area contributed by atoms with E-state index in [1.165, 1.54) is 33.4 Å². The van der Waals surface area contributed by atoms with Crippen LogP contribution in [0.1, 0.15) is 33.4 Å². The molecule has 290 valence electrons. The molecule has 0 atom stereocenters. The number of benzene rings is 6. The van der Waals surface area contributed by atoms with Crippen molar-refractivity contribution in [1.82, 2.24) is 9.97 Å². The molecule has 0 aliphatic rings. The predicted octanol–water partition coefficient (Wildman–Crippen LogP) is 13.8. The number of phenols is 1. The Balaban J connectivity index is 0.00000512. The standard InChI is InChI=1S/C52H45N4O.Pt/c1-34-27-36(3)51(37(4)28-34)56(52-38(5)29-35(2)30-39(52)6)43-32-46(54-47(33-43)45-22-11-13-24-49(45)57)41-19-16-20-42(31-41)55(50-25-14-15-26-53-50)48-23-12-10-21-44(48)40-17-8-7-9-18-40;/h7-30,32-33,57H,1-6H3;/q-1;. The van der Waals surface area contributed by atoms with Crippen molar-refractivity contribution >= 4 is 34.3 Å². The number of hydrogen-bond donors (Lipinski definition) is 1. The van der Waals surface area contributed by atoms with Gasteiger partial charge in [0.05, 0.1) is 22.8 Å². The number of rotatable bonds is 9. The van der Waals surface area contributed by atoms with Crippen LogP contribution in [0.4, 0.5) is 34.3 Å². The van der Waals surface area contributed by atoms with Gasteiger partial charge in [0.25, 0.3) is 0 Å². The van der Waals surface area contributed by atoms with Crippen LogP contribution >= 0.6 is 0 Å². The molecule has 0 radical (unpaired) electrons. The molecule has 58 heavy (non-hydrogen) atoms. The fourth-order valence-corrected chi connectivity index (χ4v) is 8.16. The first kappa shape index (κ1) is 39.9. The summed E-state index contributed by atoms with van der Waals surface area (Å²) in [6.45, 7) is 13.0. The fourth-order valence-electron chi connectivity index (χ4n) is 8.16. The smallest absolute Gasteiger partial charge is 0.136 e. The first-order chi connectivity index (χ1) is 27.7. The van der Waals surface area contributed by atoms with Crippen molar-refractivity contribution < 1.29 is 26.2 Å². The van der Waals surface area contributed by atoms with Crippen molar-refractivity contribution in [2.24, 2.45) is 0 Å². The van der Waals surface area contributed by atoms with E-state index < -0.39 is 0 Å². The maximum absolute atomic E-state index is 11.2. The molecular weight excluding hydrogens is 892 g/mol. The number of hydrogen-bond acceptors (Lipinski definition) is 5. The van der Waals surface area contributed by atoms with Gasteiger partial charge in [0, 0.05) is 44.1 Å². The topological polar surface area (TPSA) is 52.5 Å².